The van der Waals surface area contributed by atoms with Crippen LogP contribution in [0.3, 0.4) is 0 Å². The highest BCUT2D eigenvalue weighted by atomic mass is 79.9. The van der Waals surface area contributed by atoms with Crippen LogP contribution in [-0.2, 0) is 0 Å². The van der Waals surface area contributed by atoms with E-state index in [9.17, 15) is 5.26 Å². The minimum Gasteiger partial charge on any atom is -1.00 e. The average Bonchev–Trinajstić information content (AvgIpc) is 2.93. The van der Waals surface area contributed by atoms with E-state index in [-0.39, 0.29) is 21.8 Å². The highest BCUT2D eigenvalue weighted by molar-refractivity contribution is 9.09. The van der Waals surface area contributed by atoms with Crippen molar-refractivity contribution in [1.82, 2.24) is 0 Å². The van der Waals surface area contributed by atoms with Crippen molar-refractivity contribution in [3.63, 3.8) is 0 Å². The van der Waals surface area contributed by atoms with Gasteiger partial charge in [0.15, 0.2) is 11.7 Å². The minimum atomic E-state index is 0. The fourth-order valence-electron chi connectivity index (χ4n) is 2.91. The normalized spacial score (nSPS) is 17.3. The average molecular weight is 440 g/mol. The monoisotopic (exact) mass is 438 g/mol. The Kier molecular flexibility index (Phi) is 5.70. The summed E-state index contributed by atoms with van der Waals surface area (Å²) in [6.07, 6.45) is 0. The van der Waals surface area contributed by atoms with E-state index in [0.29, 0.717) is 6.04 Å². The molecule has 0 spiro atoms. The van der Waals surface area contributed by atoms with Gasteiger partial charge in [-0.25, -0.2) is 0 Å². The van der Waals surface area contributed by atoms with Gasteiger partial charge in [0.1, 0.15) is 16.5 Å². The number of alkyl halides is 1. The fourth-order valence-corrected chi connectivity index (χ4v) is 5.32. The van der Waals surface area contributed by atoms with Crippen molar-refractivity contribution in [2.24, 2.45) is 0 Å². The number of aromatic nitrogens is 1. The van der Waals surface area contributed by atoms with E-state index in [1.165, 1.54) is 11.3 Å². The molecular weight excluding hydrogens is 424 g/mol. The standard InChI is InChI=1S/C17H16BrN2S.BrH/c1-11-8-12(2)20-15(10-21-17(20)14(11)9-19)16(18)13-6-4-3-5-7-13;/h3-8,15-16H,10H2,1-2H3;1H/q+1;/p-1. The van der Waals surface area contributed by atoms with Crippen molar-refractivity contribution < 1.29 is 21.5 Å². The van der Waals surface area contributed by atoms with Gasteiger partial charge in [-0.2, -0.15) is 9.83 Å². The number of pyridine rings is 1. The van der Waals surface area contributed by atoms with Crippen LogP contribution in [0.25, 0.3) is 0 Å². The Hall–Kier alpha value is -0.830. The predicted molar refractivity (Wildman–Crippen MR) is 88.7 cm³/mol. The van der Waals surface area contributed by atoms with Crippen molar-refractivity contribution in [2.45, 2.75) is 29.7 Å². The molecule has 0 N–H and O–H groups in total. The largest absolute Gasteiger partial charge is 1.00 e. The summed E-state index contributed by atoms with van der Waals surface area (Å²) in [6, 6.07) is 15.3. The van der Waals surface area contributed by atoms with E-state index in [1.807, 2.05) is 13.0 Å². The molecule has 1 aliphatic heterocycles. The highest BCUT2D eigenvalue weighted by Gasteiger charge is 2.41. The third-order valence-electron chi connectivity index (χ3n) is 3.92. The van der Waals surface area contributed by atoms with E-state index in [2.05, 4.69) is 63.8 Å². The van der Waals surface area contributed by atoms with Gasteiger partial charge in [0.25, 0.3) is 5.03 Å². The molecule has 2 atom stereocenters. The van der Waals surface area contributed by atoms with Gasteiger partial charge in [-0.1, -0.05) is 46.3 Å². The quantitative estimate of drug-likeness (QED) is 0.520. The topological polar surface area (TPSA) is 27.7 Å². The molecule has 0 radical (unpaired) electrons. The Morgan fingerprint density at radius 3 is 2.64 bits per heavy atom. The van der Waals surface area contributed by atoms with E-state index < -0.39 is 0 Å². The summed E-state index contributed by atoms with van der Waals surface area (Å²) in [4.78, 5) is 0.255. The number of halogens is 2. The molecule has 0 saturated heterocycles. The molecule has 1 aromatic carbocycles. The molecule has 2 heterocycles. The van der Waals surface area contributed by atoms with Crippen LogP contribution in [0.1, 0.15) is 33.3 Å². The molecule has 114 valence electrons. The van der Waals surface area contributed by atoms with E-state index in [0.717, 1.165) is 21.9 Å². The lowest BCUT2D eigenvalue weighted by Crippen LogP contribution is -3.00. The van der Waals surface area contributed by atoms with Crippen molar-refractivity contribution in [1.29, 1.82) is 5.26 Å². The van der Waals surface area contributed by atoms with Crippen molar-refractivity contribution >= 4 is 27.7 Å². The predicted octanol–water partition coefficient (Wildman–Crippen LogP) is 1.25. The van der Waals surface area contributed by atoms with E-state index in [1.54, 1.807) is 11.8 Å². The van der Waals surface area contributed by atoms with Crippen LogP contribution in [0.2, 0.25) is 0 Å². The fraction of sp³-hybridized carbons (Fsp3) is 0.294. The van der Waals surface area contributed by atoms with E-state index >= 15 is 0 Å². The van der Waals surface area contributed by atoms with Gasteiger partial charge in [0.05, 0.1) is 5.75 Å². The molecule has 0 bridgehead atoms. The molecule has 3 rings (SSSR count). The second-order valence-corrected chi connectivity index (χ2v) is 7.32. The number of fused-ring (bicyclic) bond motifs is 1. The number of hydrogen-bond donors (Lipinski definition) is 0. The zero-order chi connectivity index (χ0) is 15.0. The Morgan fingerprint density at radius 1 is 1.32 bits per heavy atom. The van der Waals surface area contributed by atoms with Crippen LogP contribution < -0.4 is 21.5 Å². The highest BCUT2D eigenvalue weighted by Crippen LogP contribution is 2.41. The molecule has 0 aliphatic carbocycles. The first-order chi connectivity index (χ1) is 10.1. The maximum atomic E-state index is 9.43. The zero-order valence-electron chi connectivity index (χ0n) is 12.4. The Balaban J connectivity index is 0.00000176. The first-order valence-corrected chi connectivity index (χ1v) is 8.81. The lowest BCUT2D eigenvalue weighted by molar-refractivity contribution is -0.752. The number of thioether (sulfide) groups is 1. The Labute approximate surface area is 154 Å². The number of benzene rings is 1. The van der Waals surface area contributed by atoms with Crippen molar-refractivity contribution in [2.75, 3.05) is 5.75 Å². The van der Waals surface area contributed by atoms with Gasteiger partial charge < -0.3 is 17.0 Å². The molecule has 1 aromatic heterocycles. The molecular formula is C17H16Br2N2S. The summed E-state index contributed by atoms with van der Waals surface area (Å²) in [7, 11) is 0. The summed E-state index contributed by atoms with van der Waals surface area (Å²) < 4.78 is 2.32. The molecule has 5 heteroatoms. The molecule has 1 aliphatic rings. The Bertz CT molecular complexity index is 726. The molecule has 2 nitrogen and oxygen atoms in total. The number of hydrogen-bond acceptors (Lipinski definition) is 2. The van der Waals surface area contributed by atoms with Gasteiger partial charge in [-0.3, -0.25) is 0 Å². The third-order valence-corrected chi connectivity index (χ3v) is 6.24. The molecule has 0 fully saturated rings. The first kappa shape index (κ1) is 17.5. The SMILES string of the molecule is Cc1cc(C)[n+]2c(c1C#N)SCC2C(Br)c1ccccc1.[Br-]. The number of nitrogens with zero attached hydrogens (tertiary/aromatic N) is 2. The van der Waals surface area contributed by atoms with Crippen LogP contribution in [0.15, 0.2) is 41.4 Å². The lowest BCUT2D eigenvalue weighted by Gasteiger charge is -2.15. The van der Waals surface area contributed by atoms with Crippen LogP contribution in [-0.4, -0.2) is 5.75 Å². The number of rotatable bonds is 2. The minimum absolute atomic E-state index is 0. The summed E-state index contributed by atoms with van der Waals surface area (Å²) in [6.45, 7) is 4.14. The second-order valence-electron chi connectivity index (χ2n) is 5.32. The summed E-state index contributed by atoms with van der Waals surface area (Å²) in [5.41, 5.74) is 4.39. The smallest absolute Gasteiger partial charge is 0.259 e. The lowest BCUT2D eigenvalue weighted by atomic mass is 10.0. The molecule has 22 heavy (non-hydrogen) atoms. The maximum Gasteiger partial charge on any atom is 0.259 e. The van der Waals surface area contributed by atoms with Gasteiger partial charge in [0, 0.05) is 13.0 Å². The van der Waals surface area contributed by atoms with Gasteiger partial charge in [-0.15, -0.1) is 0 Å². The summed E-state index contributed by atoms with van der Waals surface area (Å²) in [5, 5.41) is 10.5. The van der Waals surface area contributed by atoms with Gasteiger partial charge in [-0.05, 0) is 29.8 Å². The van der Waals surface area contributed by atoms with Gasteiger partial charge in [0.2, 0.25) is 0 Å². The van der Waals surface area contributed by atoms with Crippen LogP contribution in [0.5, 0.6) is 0 Å². The third kappa shape index (κ3) is 2.97. The maximum absolute atomic E-state index is 9.43. The van der Waals surface area contributed by atoms with Crippen molar-refractivity contribution in [3.8, 4) is 6.07 Å². The van der Waals surface area contributed by atoms with Crippen LogP contribution in [0.4, 0.5) is 0 Å². The molecule has 0 amide bonds. The molecule has 0 saturated carbocycles. The Morgan fingerprint density at radius 2 is 2.00 bits per heavy atom. The van der Waals surface area contributed by atoms with Crippen LogP contribution >= 0.6 is 27.7 Å². The first-order valence-electron chi connectivity index (χ1n) is 6.91. The number of nitriles is 1. The summed E-state index contributed by atoms with van der Waals surface area (Å²) in [5.74, 6) is 0.990. The summed E-state index contributed by atoms with van der Waals surface area (Å²) >= 11 is 5.65. The van der Waals surface area contributed by atoms with Crippen molar-refractivity contribution in [3.05, 3.63) is 58.8 Å². The van der Waals surface area contributed by atoms with E-state index in [4.69, 9.17) is 0 Å². The number of aryl methyl sites for hydroxylation is 2. The zero-order valence-corrected chi connectivity index (χ0v) is 16.4. The van der Waals surface area contributed by atoms with Crippen LogP contribution in [0, 0.1) is 25.2 Å². The molecule has 2 unspecified atom stereocenters. The molecule has 2 aromatic rings. The van der Waals surface area contributed by atoms with Gasteiger partial charge >= 0.3 is 0 Å². The second kappa shape index (κ2) is 7.16.